The van der Waals surface area contributed by atoms with Crippen molar-refractivity contribution in [2.24, 2.45) is 0 Å². The molecule has 0 saturated carbocycles. The third-order valence-corrected chi connectivity index (χ3v) is 4.98. The number of rotatable bonds is 9. The van der Waals surface area contributed by atoms with Crippen LogP contribution in [0.3, 0.4) is 0 Å². The van der Waals surface area contributed by atoms with Gasteiger partial charge >= 0.3 is 0 Å². The number of alkyl halides is 1. The maximum atomic E-state index is 12.5. The van der Waals surface area contributed by atoms with Crippen LogP contribution in [0.1, 0.15) is 24.8 Å². The summed E-state index contributed by atoms with van der Waals surface area (Å²) < 4.78 is 12.5. The Morgan fingerprint density at radius 3 is 2.50 bits per heavy atom. The van der Waals surface area contributed by atoms with Crippen LogP contribution < -0.4 is 0 Å². The fourth-order valence-corrected chi connectivity index (χ4v) is 3.21. The molecule has 0 aliphatic carbocycles. The first-order chi connectivity index (χ1) is 10.7. The summed E-state index contributed by atoms with van der Waals surface area (Å²) in [4.78, 5) is 4.86. The van der Waals surface area contributed by atoms with E-state index in [1.54, 1.807) is 0 Å². The minimum atomic E-state index is -0.243. The molecule has 2 nitrogen and oxygen atoms in total. The molecule has 0 spiro atoms. The van der Waals surface area contributed by atoms with Crippen molar-refractivity contribution in [1.29, 1.82) is 0 Å². The molecule has 1 aliphatic heterocycles. The monoisotopic (exact) mass is 346 g/mol. The second kappa shape index (κ2) is 9.71. The van der Waals surface area contributed by atoms with Crippen LogP contribution in [0.15, 0.2) is 18.2 Å². The number of hydrogen-bond donors (Lipinski definition) is 0. The lowest BCUT2D eigenvalue weighted by molar-refractivity contribution is 0.219. The Bertz CT molecular complexity index is 450. The highest BCUT2D eigenvalue weighted by atomic mass is 35.5. The summed E-state index contributed by atoms with van der Waals surface area (Å²) >= 11 is 12.0. The highest BCUT2D eigenvalue weighted by molar-refractivity contribution is 6.42. The van der Waals surface area contributed by atoms with Crippen LogP contribution in [0.4, 0.5) is 4.39 Å². The Morgan fingerprint density at radius 1 is 1.05 bits per heavy atom. The van der Waals surface area contributed by atoms with Gasteiger partial charge in [-0.25, -0.2) is 0 Å². The third-order valence-electron chi connectivity index (χ3n) is 4.24. The van der Waals surface area contributed by atoms with E-state index in [0.717, 1.165) is 32.6 Å². The van der Waals surface area contributed by atoms with Crippen LogP contribution in [0.2, 0.25) is 10.0 Å². The molecule has 0 N–H and O–H groups in total. The first-order valence-corrected chi connectivity index (χ1v) is 8.89. The summed E-state index contributed by atoms with van der Waals surface area (Å²) in [7, 11) is 0. The van der Waals surface area contributed by atoms with Gasteiger partial charge in [0.25, 0.3) is 0 Å². The van der Waals surface area contributed by atoms with Gasteiger partial charge in [-0.15, -0.1) is 0 Å². The smallest absolute Gasteiger partial charge is 0.0906 e. The topological polar surface area (TPSA) is 6.48 Å². The molecule has 5 heteroatoms. The predicted molar refractivity (Wildman–Crippen MR) is 92.9 cm³/mol. The standard InChI is InChI=1S/C17H25Cl2FN2/c18-16-5-4-15(14-17(16)19)6-11-22(10-3-7-20)13-12-21-8-1-2-9-21/h4-5,14H,1-3,6-13H2. The molecule has 0 amide bonds. The number of hydrogen-bond acceptors (Lipinski definition) is 2. The van der Waals surface area contributed by atoms with Crippen LogP contribution >= 0.6 is 23.2 Å². The molecule has 22 heavy (non-hydrogen) atoms. The Kier molecular flexibility index (Phi) is 7.95. The molecular formula is C17H25Cl2FN2. The van der Waals surface area contributed by atoms with Crippen molar-refractivity contribution in [3.63, 3.8) is 0 Å². The zero-order valence-corrected chi connectivity index (χ0v) is 14.6. The zero-order chi connectivity index (χ0) is 15.8. The Morgan fingerprint density at radius 2 is 1.82 bits per heavy atom. The molecule has 1 aromatic rings. The lowest BCUT2D eigenvalue weighted by atomic mass is 10.1. The van der Waals surface area contributed by atoms with Gasteiger partial charge in [-0.3, -0.25) is 4.39 Å². The summed E-state index contributed by atoms with van der Waals surface area (Å²) in [5.41, 5.74) is 1.18. The minimum Gasteiger partial charge on any atom is -0.302 e. The summed E-state index contributed by atoms with van der Waals surface area (Å²) in [6.45, 7) is 6.05. The molecule has 1 heterocycles. The van der Waals surface area contributed by atoms with Crippen molar-refractivity contribution in [1.82, 2.24) is 9.80 Å². The maximum Gasteiger partial charge on any atom is 0.0906 e. The fraction of sp³-hybridized carbons (Fsp3) is 0.647. The van der Waals surface area contributed by atoms with Crippen LogP contribution in [0.25, 0.3) is 0 Å². The fourth-order valence-electron chi connectivity index (χ4n) is 2.89. The number of likely N-dealkylation sites (tertiary alicyclic amines) is 1. The van der Waals surface area contributed by atoms with Crippen molar-refractivity contribution in [2.45, 2.75) is 25.7 Å². The first kappa shape index (κ1) is 18.0. The van der Waals surface area contributed by atoms with E-state index in [4.69, 9.17) is 23.2 Å². The van der Waals surface area contributed by atoms with Gasteiger partial charge in [0.05, 0.1) is 16.7 Å². The quantitative estimate of drug-likeness (QED) is 0.657. The van der Waals surface area contributed by atoms with Crippen LogP contribution in [-0.4, -0.2) is 55.7 Å². The molecule has 0 aromatic heterocycles. The predicted octanol–water partition coefficient (Wildman–Crippen LogP) is 4.29. The summed E-state index contributed by atoms with van der Waals surface area (Å²) in [5, 5.41) is 1.19. The van der Waals surface area contributed by atoms with Crippen molar-refractivity contribution >= 4 is 23.2 Å². The van der Waals surface area contributed by atoms with Crippen molar-refractivity contribution in [2.75, 3.05) is 45.9 Å². The number of halogens is 3. The van der Waals surface area contributed by atoms with Gasteiger partial charge in [0, 0.05) is 26.2 Å². The average molecular weight is 347 g/mol. The SMILES string of the molecule is FCCCN(CCc1ccc(Cl)c(Cl)c1)CCN1CCCC1. The normalized spacial score (nSPS) is 15.8. The van der Waals surface area contributed by atoms with Crippen LogP contribution in [0.5, 0.6) is 0 Å². The molecular weight excluding hydrogens is 322 g/mol. The van der Waals surface area contributed by atoms with E-state index in [9.17, 15) is 4.39 Å². The van der Waals surface area contributed by atoms with Crippen molar-refractivity contribution < 1.29 is 4.39 Å². The van der Waals surface area contributed by atoms with E-state index in [0.29, 0.717) is 16.5 Å². The van der Waals surface area contributed by atoms with Gasteiger partial charge in [-0.1, -0.05) is 29.3 Å². The molecule has 1 aromatic carbocycles. The number of benzene rings is 1. The lowest BCUT2D eigenvalue weighted by Crippen LogP contribution is -2.35. The van der Waals surface area contributed by atoms with E-state index >= 15 is 0 Å². The Balaban J connectivity index is 1.80. The van der Waals surface area contributed by atoms with Gasteiger partial charge in [0.1, 0.15) is 0 Å². The number of nitrogens with zero attached hydrogens (tertiary/aromatic N) is 2. The van der Waals surface area contributed by atoms with Gasteiger partial charge in [0.15, 0.2) is 0 Å². The van der Waals surface area contributed by atoms with E-state index in [2.05, 4.69) is 9.80 Å². The van der Waals surface area contributed by atoms with E-state index in [1.807, 2.05) is 18.2 Å². The van der Waals surface area contributed by atoms with Crippen LogP contribution in [-0.2, 0) is 6.42 Å². The lowest BCUT2D eigenvalue weighted by Gasteiger charge is -2.25. The zero-order valence-electron chi connectivity index (χ0n) is 13.0. The van der Waals surface area contributed by atoms with Gasteiger partial charge < -0.3 is 9.80 Å². The van der Waals surface area contributed by atoms with E-state index in [1.165, 1.54) is 31.5 Å². The molecule has 0 unspecified atom stereocenters. The summed E-state index contributed by atoms with van der Waals surface area (Å²) in [6.07, 6.45) is 4.16. The van der Waals surface area contributed by atoms with Gasteiger partial charge in [-0.2, -0.15) is 0 Å². The van der Waals surface area contributed by atoms with E-state index in [-0.39, 0.29) is 6.67 Å². The Labute approximate surface area is 143 Å². The molecule has 0 radical (unpaired) electrons. The largest absolute Gasteiger partial charge is 0.302 e. The van der Waals surface area contributed by atoms with Crippen molar-refractivity contribution in [3.8, 4) is 0 Å². The Hall–Kier alpha value is -0.350. The molecule has 124 valence electrons. The molecule has 1 aliphatic rings. The first-order valence-electron chi connectivity index (χ1n) is 8.13. The highest BCUT2D eigenvalue weighted by Gasteiger charge is 2.13. The molecule has 1 saturated heterocycles. The van der Waals surface area contributed by atoms with E-state index < -0.39 is 0 Å². The molecule has 0 atom stereocenters. The molecule has 2 rings (SSSR count). The average Bonchev–Trinajstić information content (AvgIpc) is 3.03. The summed E-state index contributed by atoms with van der Waals surface area (Å²) in [6, 6.07) is 5.79. The maximum absolute atomic E-state index is 12.5. The minimum absolute atomic E-state index is 0.243. The van der Waals surface area contributed by atoms with Gasteiger partial charge in [0.2, 0.25) is 0 Å². The summed E-state index contributed by atoms with van der Waals surface area (Å²) in [5.74, 6) is 0. The molecule has 1 fully saturated rings. The van der Waals surface area contributed by atoms with Crippen molar-refractivity contribution in [3.05, 3.63) is 33.8 Å². The highest BCUT2D eigenvalue weighted by Crippen LogP contribution is 2.22. The second-order valence-corrected chi connectivity index (χ2v) is 6.75. The molecule has 0 bridgehead atoms. The van der Waals surface area contributed by atoms with Crippen LogP contribution in [0, 0.1) is 0 Å². The third kappa shape index (κ3) is 6.04. The second-order valence-electron chi connectivity index (χ2n) is 5.93. The van der Waals surface area contributed by atoms with Gasteiger partial charge in [-0.05, 0) is 56.5 Å².